The average Bonchev–Trinajstić information content (AvgIpc) is 4.10. The molecule has 2 aromatic heterocycles. The maximum absolute atomic E-state index is 6.12. The Kier molecular flexibility index (Phi) is 9.33. The van der Waals surface area contributed by atoms with Crippen LogP contribution in [-0.4, -0.2) is 0 Å². The molecule has 0 amide bonds. The van der Waals surface area contributed by atoms with E-state index >= 15 is 0 Å². The van der Waals surface area contributed by atoms with Gasteiger partial charge in [-0.05, 0) is 133 Å². The number of anilines is 3. The number of thiophene rings is 1. The second-order valence-electron chi connectivity index (χ2n) is 18.4. The van der Waals surface area contributed by atoms with E-state index in [1.165, 1.54) is 81.4 Å². The van der Waals surface area contributed by atoms with Gasteiger partial charge >= 0.3 is 0 Å². The van der Waals surface area contributed by atoms with Crippen LogP contribution in [0.4, 0.5) is 17.1 Å². The maximum atomic E-state index is 6.12. The van der Waals surface area contributed by atoms with Crippen molar-refractivity contribution in [2.75, 3.05) is 4.90 Å². The SMILES string of the molecule is c1ccc(C2(c3ccccc3)c3ccccc3-c3cc(N(c4ccc(-c5ccc(-c6ccc7oc8ccccc8c7c6)cc5)cc4)c4ccc(-c5cccc6sc7ccccc7c56)cc4)ccc32)cc1. The minimum absolute atomic E-state index is 0.468. The fraction of sp³-hybridized carbons (Fsp3) is 0.0149. The van der Waals surface area contributed by atoms with Gasteiger partial charge in [0.1, 0.15) is 11.2 Å². The van der Waals surface area contributed by atoms with Crippen molar-refractivity contribution >= 4 is 70.5 Å². The zero-order chi connectivity index (χ0) is 46.2. The van der Waals surface area contributed by atoms with Gasteiger partial charge in [-0.15, -0.1) is 11.3 Å². The van der Waals surface area contributed by atoms with E-state index in [9.17, 15) is 0 Å². The van der Waals surface area contributed by atoms with Gasteiger partial charge in [0.15, 0.2) is 0 Å². The summed E-state index contributed by atoms with van der Waals surface area (Å²) in [5.74, 6) is 0. The first kappa shape index (κ1) is 40.3. The molecule has 70 heavy (non-hydrogen) atoms. The van der Waals surface area contributed by atoms with Crippen molar-refractivity contribution in [2.24, 2.45) is 0 Å². The smallest absolute Gasteiger partial charge is 0.135 e. The molecule has 11 aromatic carbocycles. The van der Waals surface area contributed by atoms with Gasteiger partial charge in [0.05, 0.1) is 5.41 Å². The molecule has 13 aromatic rings. The zero-order valence-corrected chi connectivity index (χ0v) is 38.9. The second kappa shape index (κ2) is 16.2. The average molecular weight is 910 g/mol. The lowest BCUT2D eigenvalue weighted by Crippen LogP contribution is -2.28. The first-order chi connectivity index (χ1) is 34.7. The number of hydrogen-bond acceptors (Lipinski definition) is 3. The molecule has 0 spiro atoms. The van der Waals surface area contributed by atoms with Gasteiger partial charge in [-0.1, -0.05) is 194 Å². The topological polar surface area (TPSA) is 16.4 Å². The molecule has 0 saturated heterocycles. The summed E-state index contributed by atoms with van der Waals surface area (Å²) in [6.07, 6.45) is 0. The summed E-state index contributed by atoms with van der Waals surface area (Å²) in [6.45, 7) is 0. The summed E-state index contributed by atoms with van der Waals surface area (Å²) < 4.78 is 8.75. The number of benzene rings is 11. The Bertz CT molecular complexity index is 4050. The van der Waals surface area contributed by atoms with E-state index in [0.29, 0.717) is 0 Å². The van der Waals surface area contributed by atoms with Gasteiger partial charge in [-0.2, -0.15) is 0 Å². The van der Waals surface area contributed by atoms with Crippen LogP contribution in [0.5, 0.6) is 0 Å². The molecule has 328 valence electrons. The molecule has 0 saturated carbocycles. The Balaban J connectivity index is 0.879. The monoisotopic (exact) mass is 909 g/mol. The molecule has 0 radical (unpaired) electrons. The third-order valence-electron chi connectivity index (χ3n) is 14.6. The maximum Gasteiger partial charge on any atom is 0.135 e. The molecular weight excluding hydrogens is 867 g/mol. The number of para-hydroxylation sites is 1. The van der Waals surface area contributed by atoms with E-state index in [-0.39, 0.29) is 0 Å². The Hall–Kier alpha value is -8.76. The number of fused-ring (bicyclic) bond motifs is 9. The van der Waals surface area contributed by atoms with Gasteiger partial charge in [-0.3, -0.25) is 0 Å². The third kappa shape index (κ3) is 6.32. The molecule has 0 bridgehead atoms. The summed E-state index contributed by atoms with van der Waals surface area (Å²) in [7, 11) is 0. The largest absolute Gasteiger partial charge is 0.456 e. The highest BCUT2D eigenvalue weighted by molar-refractivity contribution is 7.25. The highest BCUT2D eigenvalue weighted by Gasteiger charge is 2.46. The number of rotatable bonds is 8. The van der Waals surface area contributed by atoms with Crippen LogP contribution in [-0.2, 0) is 5.41 Å². The van der Waals surface area contributed by atoms with Gasteiger partial charge in [0.2, 0.25) is 0 Å². The number of hydrogen-bond donors (Lipinski definition) is 0. The Morgan fingerprint density at radius 1 is 0.314 bits per heavy atom. The highest BCUT2D eigenvalue weighted by atomic mass is 32.1. The van der Waals surface area contributed by atoms with Crippen molar-refractivity contribution < 1.29 is 4.42 Å². The Morgan fingerprint density at radius 3 is 1.56 bits per heavy atom. The standard InChI is InChI=1S/C67H43NOS/c1-3-14-49(15-4-1)67(50-16-5-2-6-17-50)60-22-10-7-18-55(60)58-43-53(39-40-61(58)67)68(52-37-32-47(33-38-52)54-21-13-25-65-66(54)57-20-9-12-24-64(57)70-65)51-35-30-45(31-36-51)44-26-28-46(29-27-44)48-34-41-63-59(42-48)56-19-8-11-23-62(56)69-63/h1-43H. The van der Waals surface area contributed by atoms with Crippen LogP contribution in [0.3, 0.4) is 0 Å². The highest BCUT2D eigenvalue weighted by Crippen LogP contribution is 2.57. The predicted octanol–water partition coefficient (Wildman–Crippen LogP) is 18.8. The summed E-state index contributed by atoms with van der Waals surface area (Å²) in [5.41, 5.74) is 19.4. The van der Waals surface area contributed by atoms with E-state index in [2.05, 4.69) is 254 Å². The normalized spacial score (nSPS) is 12.7. The van der Waals surface area contributed by atoms with Gasteiger partial charge in [0, 0.05) is 48.0 Å². The van der Waals surface area contributed by atoms with Gasteiger partial charge < -0.3 is 9.32 Å². The number of nitrogens with zero attached hydrogens (tertiary/aromatic N) is 1. The Labute approximate surface area is 410 Å². The van der Waals surface area contributed by atoms with E-state index < -0.39 is 5.41 Å². The molecule has 1 aliphatic carbocycles. The zero-order valence-electron chi connectivity index (χ0n) is 38.1. The fourth-order valence-electron chi connectivity index (χ4n) is 11.4. The lowest BCUT2D eigenvalue weighted by molar-refractivity contribution is 0.669. The summed E-state index contributed by atoms with van der Waals surface area (Å²) in [4.78, 5) is 2.42. The van der Waals surface area contributed by atoms with Crippen LogP contribution in [0.1, 0.15) is 22.3 Å². The van der Waals surface area contributed by atoms with Crippen molar-refractivity contribution in [1.29, 1.82) is 0 Å². The van der Waals surface area contributed by atoms with E-state index in [0.717, 1.165) is 44.6 Å². The molecule has 0 N–H and O–H groups in total. The number of furan rings is 1. The van der Waals surface area contributed by atoms with E-state index in [4.69, 9.17) is 4.42 Å². The summed E-state index contributed by atoms with van der Waals surface area (Å²) >= 11 is 1.86. The van der Waals surface area contributed by atoms with Gasteiger partial charge in [-0.25, -0.2) is 0 Å². The van der Waals surface area contributed by atoms with Gasteiger partial charge in [0.25, 0.3) is 0 Å². The van der Waals surface area contributed by atoms with Crippen molar-refractivity contribution in [3.63, 3.8) is 0 Å². The van der Waals surface area contributed by atoms with Crippen LogP contribution in [0.2, 0.25) is 0 Å². The summed E-state index contributed by atoms with van der Waals surface area (Å²) in [5, 5.41) is 4.91. The lowest BCUT2D eigenvalue weighted by Gasteiger charge is -2.34. The van der Waals surface area contributed by atoms with E-state index in [1.807, 2.05) is 23.5 Å². The molecule has 3 heteroatoms. The van der Waals surface area contributed by atoms with Crippen LogP contribution in [0.25, 0.3) is 86.6 Å². The molecule has 14 rings (SSSR count). The molecule has 0 unspecified atom stereocenters. The second-order valence-corrected chi connectivity index (χ2v) is 19.4. The van der Waals surface area contributed by atoms with Crippen molar-refractivity contribution in [2.45, 2.75) is 5.41 Å². The van der Waals surface area contributed by atoms with Crippen LogP contribution >= 0.6 is 11.3 Å². The molecule has 0 aliphatic heterocycles. The predicted molar refractivity (Wildman–Crippen MR) is 295 cm³/mol. The minimum Gasteiger partial charge on any atom is -0.456 e. The molecular formula is C67H43NOS. The molecule has 1 aliphatic rings. The minimum atomic E-state index is -0.468. The third-order valence-corrected chi connectivity index (χ3v) is 15.7. The van der Waals surface area contributed by atoms with Crippen LogP contribution < -0.4 is 4.90 Å². The molecule has 0 fully saturated rings. The van der Waals surface area contributed by atoms with Crippen LogP contribution in [0.15, 0.2) is 265 Å². The fourth-order valence-corrected chi connectivity index (χ4v) is 12.5. The van der Waals surface area contributed by atoms with E-state index in [1.54, 1.807) is 0 Å². The quantitative estimate of drug-likeness (QED) is 0.151. The first-order valence-corrected chi connectivity index (χ1v) is 24.8. The lowest BCUT2D eigenvalue weighted by atomic mass is 9.68. The summed E-state index contributed by atoms with van der Waals surface area (Å²) in [6, 6.07) is 95.6. The molecule has 0 atom stereocenters. The van der Waals surface area contributed by atoms with Crippen molar-refractivity contribution in [1.82, 2.24) is 0 Å². The van der Waals surface area contributed by atoms with Crippen molar-refractivity contribution in [3.8, 4) is 44.5 Å². The molecule has 2 nitrogen and oxygen atoms in total. The van der Waals surface area contributed by atoms with Crippen molar-refractivity contribution in [3.05, 3.63) is 283 Å². The Morgan fingerprint density at radius 2 is 0.829 bits per heavy atom. The van der Waals surface area contributed by atoms with Crippen LogP contribution in [0, 0.1) is 0 Å². The molecule has 2 heterocycles. The first-order valence-electron chi connectivity index (χ1n) is 24.0.